The maximum atomic E-state index is 12.6. The maximum Gasteiger partial charge on any atom is 0.310 e. The number of carbonyl (C=O) groups is 2. The molecule has 5 aliphatic rings. The fourth-order valence-corrected chi connectivity index (χ4v) is 6.78. The Labute approximate surface area is 167 Å². The Morgan fingerprint density at radius 1 is 1.25 bits per heavy atom. The minimum atomic E-state index is -0.0271. The van der Waals surface area contributed by atoms with Gasteiger partial charge in [0.1, 0.15) is 6.10 Å². The fourth-order valence-electron chi connectivity index (χ4n) is 6.78. The van der Waals surface area contributed by atoms with Gasteiger partial charge in [0.2, 0.25) is 5.91 Å². The summed E-state index contributed by atoms with van der Waals surface area (Å²) in [6, 6.07) is 0. The molecule has 6 nitrogen and oxygen atoms in total. The van der Waals surface area contributed by atoms with Crippen LogP contribution in [0, 0.1) is 23.2 Å². The summed E-state index contributed by atoms with van der Waals surface area (Å²) in [5, 5.41) is 3.48. The molecule has 0 aromatic heterocycles. The van der Waals surface area contributed by atoms with Crippen LogP contribution in [0.1, 0.15) is 58.3 Å². The number of nitrogens with zero attached hydrogens (tertiary/aromatic N) is 1. The lowest BCUT2D eigenvalue weighted by Gasteiger charge is -2.51. The molecule has 6 atom stereocenters. The molecule has 1 N–H and O–H groups in total. The first-order valence-corrected chi connectivity index (χ1v) is 11.3. The largest absolute Gasteiger partial charge is 0.462 e. The highest BCUT2D eigenvalue weighted by molar-refractivity contribution is 5.78. The first kappa shape index (κ1) is 18.9. The Bertz CT molecular complexity index is 648. The average molecular weight is 391 g/mol. The van der Waals surface area contributed by atoms with E-state index in [1.54, 1.807) is 0 Å². The molecule has 0 bridgehead atoms. The summed E-state index contributed by atoms with van der Waals surface area (Å²) >= 11 is 0. The molecule has 3 aliphatic heterocycles. The van der Waals surface area contributed by atoms with Crippen molar-refractivity contribution in [2.24, 2.45) is 23.2 Å². The molecule has 3 saturated heterocycles. The standard InChI is InChI=1S/C22H34N2O4/c1-21-6-3-7-22(14-27-22)18(21)11-15-16(20(26)28-17(15)12-21)13-23-8-4-10-24-9-2-5-19(24)25/h15-18,23H,2-14H2,1H3/t15-,16+,17-,18+,21-,22+/m1/s1. The molecule has 6 heteroatoms. The molecule has 5 fully saturated rings. The van der Waals surface area contributed by atoms with Crippen molar-refractivity contribution in [1.29, 1.82) is 0 Å². The van der Waals surface area contributed by atoms with E-state index in [9.17, 15) is 9.59 Å². The second kappa shape index (κ2) is 6.98. The molecule has 2 aliphatic carbocycles. The predicted octanol–water partition coefficient (Wildman–Crippen LogP) is 2.12. The van der Waals surface area contributed by atoms with Gasteiger partial charge < -0.3 is 19.7 Å². The zero-order valence-corrected chi connectivity index (χ0v) is 17.1. The molecule has 156 valence electrons. The van der Waals surface area contributed by atoms with Crippen molar-refractivity contribution in [3.63, 3.8) is 0 Å². The number of rotatable bonds is 6. The molecule has 5 rings (SSSR count). The van der Waals surface area contributed by atoms with Crippen LogP contribution in [0.2, 0.25) is 0 Å². The van der Waals surface area contributed by atoms with E-state index in [4.69, 9.17) is 9.47 Å². The smallest absolute Gasteiger partial charge is 0.310 e. The number of fused-ring (bicyclic) bond motifs is 3. The highest BCUT2D eigenvalue weighted by Gasteiger charge is 2.64. The van der Waals surface area contributed by atoms with E-state index in [0.717, 1.165) is 51.9 Å². The number of nitrogens with one attached hydrogen (secondary N) is 1. The van der Waals surface area contributed by atoms with Gasteiger partial charge in [0, 0.05) is 32.0 Å². The number of epoxide rings is 1. The second-order valence-electron chi connectivity index (χ2n) is 10.1. The summed E-state index contributed by atoms with van der Waals surface area (Å²) in [5.41, 5.74) is 0.380. The average Bonchev–Trinajstić information content (AvgIpc) is 3.20. The first-order valence-electron chi connectivity index (χ1n) is 11.3. The highest BCUT2D eigenvalue weighted by Crippen LogP contribution is 2.62. The van der Waals surface area contributed by atoms with E-state index in [1.807, 2.05) is 4.90 Å². The van der Waals surface area contributed by atoms with Crippen molar-refractivity contribution >= 4 is 11.9 Å². The summed E-state index contributed by atoms with van der Waals surface area (Å²) in [7, 11) is 0. The number of hydrogen-bond donors (Lipinski definition) is 1. The predicted molar refractivity (Wildman–Crippen MR) is 104 cm³/mol. The van der Waals surface area contributed by atoms with Crippen molar-refractivity contribution in [2.75, 3.05) is 32.8 Å². The quantitative estimate of drug-likeness (QED) is 0.427. The number of ether oxygens (including phenoxy) is 2. The Kier molecular flexibility index (Phi) is 4.70. The Morgan fingerprint density at radius 3 is 2.86 bits per heavy atom. The molecule has 1 spiro atoms. The van der Waals surface area contributed by atoms with Crippen molar-refractivity contribution in [2.45, 2.75) is 70.0 Å². The molecular weight excluding hydrogens is 356 g/mol. The lowest BCUT2D eigenvalue weighted by atomic mass is 9.53. The summed E-state index contributed by atoms with van der Waals surface area (Å²) in [6.45, 7) is 6.59. The SMILES string of the molecule is C[C@]12CCC[C@]3(CO3)[C@H]1C[C@@H]1[C@H](CNCCCN3CCCC3=O)C(=O)O[C@@H]1C2. The molecular formula is C22H34N2O4. The van der Waals surface area contributed by atoms with Crippen LogP contribution in [0.15, 0.2) is 0 Å². The van der Waals surface area contributed by atoms with E-state index < -0.39 is 0 Å². The van der Waals surface area contributed by atoms with Gasteiger partial charge in [-0.2, -0.15) is 0 Å². The second-order valence-corrected chi connectivity index (χ2v) is 10.1. The van der Waals surface area contributed by atoms with E-state index in [0.29, 0.717) is 24.8 Å². The van der Waals surface area contributed by atoms with Gasteiger partial charge in [-0.15, -0.1) is 0 Å². The van der Waals surface area contributed by atoms with Crippen LogP contribution in [-0.4, -0.2) is 61.3 Å². The highest BCUT2D eigenvalue weighted by atomic mass is 16.6. The molecule has 0 radical (unpaired) electrons. The molecule has 0 aromatic rings. The summed E-state index contributed by atoms with van der Waals surface area (Å²) in [4.78, 5) is 26.2. The van der Waals surface area contributed by atoms with Gasteiger partial charge in [-0.25, -0.2) is 0 Å². The Hall–Kier alpha value is -1.14. The Morgan fingerprint density at radius 2 is 2.11 bits per heavy atom. The van der Waals surface area contributed by atoms with Crippen molar-refractivity contribution in [1.82, 2.24) is 10.2 Å². The van der Waals surface area contributed by atoms with E-state index in [-0.39, 0.29) is 34.9 Å². The number of likely N-dealkylation sites (tertiary alicyclic amines) is 1. The van der Waals surface area contributed by atoms with Gasteiger partial charge in [-0.05, 0) is 62.8 Å². The molecule has 1 amide bonds. The van der Waals surface area contributed by atoms with Gasteiger partial charge in [-0.3, -0.25) is 9.59 Å². The van der Waals surface area contributed by atoms with Crippen molar-refractivity contribution < 1.29 is 19.1 Å². The third kappa shape index (κ3) is 3.17. The van der Waals surface area contributed by atoms with Crippen LogP contribution in [0.3, 0.4) is 0 Å². The lowest BCUT2D eigenvalue weighted by molar-refractivity contribution is -0.147. The Balaban J connectivity index is 1.15. The topological polar surface area (TPSA) is 71.2 Å². The number of esters is 1. The van der Waals surface area contributed by atoms with Crippen LogP contribution in [0.5, 0.6) is 0 Å². The van der Waals surface area contributed by atoms with Gasteiger partial charge in [0.25, 0.3) is 0 Å². The summed E-state index contributed by atoms with van der Waals surface area (Å²) in [6.07, 6.45) is 8.48. The summed E-state index contributed by atoms with van der Waals surface area (Å²) in [5.74, 6) is 1.16. The van der Waals surface area contributed by atoms with E-state index in [2.05, 4.69) is 12.2 Å². The molecule has 2 saturated carbocycles. The van der Waals surface area contributed by atoms with Gasteiger partial charge >= 0.3 is 5.97 Å². The minimum Gasteiger partial charge on any atom is -0.462 e. The van der Waals surface area contributed by atoms with Crippen molar-refractivity contribution in [3.05, 3.63) is 0 Å². The van der Waals surface area contributed by atoms with Crippen LogP contribution < -0.4 is 5.32 Å². The molecule has 0 aromatic carbocycles. The third-order valence-corrected chi connectivity index (χ3v) is 8.40. The third-order valence-electron chi connectivity index (χ3n) is 8.40. The fraction of sp³-hybridized carbons (Fsp3) is 0.909. The zero-order chi connectivity index (χ0) is 19.4. The number of hydrogen-bond acceptors (Lipinski definition) is 5. The van der Waals surface area contributed by atoms with Crippen molar-refractivity contribution in [3.8, 4) is 0 Å². The van der Waals surface area contributed by atoms with Gasteiger partial charge in [-0.1, -0.05) is 6.92 Å². The normalized spacial score (nSPS) is 44.5. The van der Waals surface area contributed by atoms with Crippen LogP contribution >= 0.6 is 0 Å². The van der Waals surface area contributed by atoms with Crippen LogP contribution in [0.4, 0.5) is 0 Å². The first-order chi connectivity index (χ1) is 13.5. The molecule has 3 heterocycles. The van der Waals surface area contributed by atoms with Gasteiger partial charge in [0.15, 0.2) is 0 Å². The summed E-state index contributed by atoms with van der Waals surface area (Å²) < 4.78 is 11.8. The molecule has 0 unspecified atom stereocenters. The number of carbonyl (C=O) groups excluding carboxylic acids is 2. The lowest BCUT2D eigenvalue weighted by Crippen LogP contribution is -2.51. The molecule has 28 heavy (non-hydrogen) atoms. The zero-order valence-electron chi connectivity index (χ0n) is 17.1. The monoisotopic (exact) mass is 390 g/mol. The van der Waals surface area contributed by atoms with E-state index in [1.165, 1.54) is 19.3 Å². The minimum absolute atomic E-state index is 0.00904. The van der Waals surface area contributed by atoms with Crippen LogP contribution in [0.25, 0.3) is 0 Å². The van der Waals surface area contributed by atoms with E-state index >= 15 is 0 Å². The van der Waals surface area contributed by atoms with Crippen LogP contribution in [-0.2, 0) is 19.1 Å². The maximum absolute atomic E-state index is 12.6. The number of amides is 1. The van der Waals surface area contributed by atoms with Gasteiger partial charge in [0.05, 0.1) is 18.1 Å².